The lowest BCUT2D eigenvalue weighted by Gasteiger charge is -2.15. The highest BCUT2D eigenvalue weighted by Crippen LogP contribution is 2.41. The van der Waals surface area contributed by atoms with Crippen molar-refractivity contribution >= 4 is 11.6 Å². The van der Waals surface area contributed by atoms with E-state index in [1.807, 2.05) is 0 Å². The number of nitrogens with one attached hydrogen (secondary N) is 1. The fourth-order valence-corrected chi connectivity index (χ4v) is 3.07. The second-order valence-corrected chi connectivity index (χ2v) is 6.40. The summed E-state index contributed by atoms with van der Waals surface area (Å²) in [7, 11) is 7.72. The molecular formula is C24H28N2O6. The summed E-state index contributed by atoms with van der Waals surface area (Å²) in [5, 5.41) is 2.84. The molecule has 0 fully saturated rings. The molecule has 0 atom stereocenters. The van der Waals surface area contributed by atoms with E-state index < -0.39 is 0 Å². The quantitative estimate of drug-likeness (QED) is 0.544. The smallest absolute Gasteiger partial charge is 0.257 e. The average Bonchev–Trinajstić information content (AvgIpc) is 2.83. The van der Waals surface area contributed by atoms with Crippen LogP contribution < -0.4 is 29.0 Å². The summed E-state index contributed by atoms with van der Waals surface area (Å²) in [6.07, 6.45) is 3.15. The molecule has 0 aliphatic carbocycles. The predicted octanol–water partition coefficient (Wildman–Crippen LogP) is 4.68. The van der Waals surface area contributed by atoms with Crippen LogP contribution in [0.5, 0.6) is 28.7 Å². The molecule has 2 aromatic carbocycles. The molecule has 170 valence electrons. The van der Waals surface area contributed by atoms with Gasteiger partial charge in [-0.2, -0.15) is 0 Å². The number of pyridine rings is 1. The minimum atomic E-state index is -0.328. The van der Waals surface area contributed by atoms with Crippen molar-refractivity contribution in [1.82, 2.24) is 4.98 Å². The van der Waals surface area contributed by atoms with E-state index in [0.717, 1.165) is 5.56 Å². The number of benzene rings is 2. The van der Waals surface area contributed by atoms with Crippen LogP contribution in [0.3, 0.4) is 0 Å². The van der Waals surface area contributed by atoms with Crippen LogP contribution in [0.15, 0.2) is 48.8 Å². The predicted molar refractivity (Wildman–Crippen MR) is 124 cm³/mol. The Labute approximate surface area is 188 Å². The first-order valence-electron chi connectivity index (χ1n) is 9.33. The van der Waals surface area contributed by atoms with Crippen LogP contribution in [0.1, 0.15) is 17.8 Å². The molecule has 0 unspecified atom stereocenters. The van der Waals surface area contributed by atoms with Gasteiger partial charge in [-0.1, -0.05) is 7.43 Å². The SMILES string of the molecule is C.COc1ccc(NC(=O)c2cncc(-c3cc(OC)c(OC)c(OC)c3)c2)c(OC)c1. The topological polar surface area (TPSA) is 88.1 Å². The van der Waals surface area contributed by atoms with E-state index in [4.69, 9.17) is 23.7 Å². The minimum Gasteiger partial charge on any atom is -0.497 e. The molecule has 1 N–H and O–H groups in total. The highest BCUT2D eigenvalue weighted by Gasteiger charge is 2.16. The number of amides is 1. The highest BCUT2D eigenvalue weighted by molar-refractivity contribution is 6.05. The lowest BCUT2D eigenvalue weighted by atomic mass is 10.0. The molecule has 1 aromatic heterocycles. The molecule has 0 saturated heterocycles. The maximum atomic E-state index is 12.9. The number of carbonyl (C=O) groups excluding carboxylic acids is 1. The first kappa shape index (κ1) is 24.3. The number of rotatable bonds is 8. The molecule has 3 aromatic rings. The van der Waals surface area contributed by atoms with Gasteiger partial charge in [-0.15, -0.1) is 0 Å². The first-order valence-corrected chi connectivity index (χ1v) is 9.33. The van der Waals surface area contributed by atoms with Crippen LogP contribution in [-0.4, -0.2) is 46.4 Å². The van der Waals surface area contributed by atoms with Crippen molar-refractivity contribution in [2.45, 2.75) is 7.43 Å². The third-order valence-corrected chi connectivity index (χ3v) is 4.66. The number of ether oxygens (including phenoxy) is 5. The Morgan fingerprint density at radius 1 is 0.750 bits per heavy atom. The zero-order valence-electron chi connectivity index (χ0n) is 18.0. The van der Waals surface area contributed by atoms with Gasteiger partial charge in [0.15, 0.2) is 11.5 Å². The van der Waals surface area contributed by atoms with Gasteiger partial charge in [0.25, 0.3) is 5.91 Å². The zero-order valence-corrected chi connectivity index (χ0v) is 18.0. The second kappa shape index (κ2) is 10.9. The average molecular weight is 440 g/mol. The Morgan fingerprint density at radius 3 is 1.97 bits per heavy atom. The first-order chi connectivity index (χ1) is 15.0. The molecule has 0 spiro atoms. The van der Waals surface area contributed by atoms with Crippen molar-refractivity contribution in [2.75, 3.05) is 40.9 Å². The van der Waals surface area contributed by atoms with Gasteiger partial charge in [0.2, 0.25) is 5.75 Å². The molecule has 0 aliphatic rings. The highest BCUT2D eigenvalue weighted by atomic mass is 16.5. The van der Waals surface area contributed by atoms with Gasteiger partial charge in [0, 0.05) is 24.0 Å². The summed E-state index contributed by atoms with van der Waals surface area (Å²) < 4.78 is 26.7. The van der Waals surface area contributed by atoms with Crippen LogP contribution >= 0.6 is 0 Å². The summed E-state index contributed by atoms with van der Waals surface area (Å²) in [6.45, 7) is 0. The molecule has 0 radical (unpaired) electrons. The Bertz CT molecular complexity index is 1060. The molecule has 3 rings (SSSR count). The Hall–Kier alpha value is -3.94. The lowest BCUT2D eigenvalue weighted by Crippen LogP contribution is -2.13. The fraction of sp³-hybridized carbons (Fsp3) is 0.250. The van der Waals surface area contributed by atoms with Crippen LogP contribution in [0.2, 0.25) is 0 Å². The number of aromatic nitrogens is 1. The molecule has 32 heavy (non-hydrogen) atoms. The lowest BCUT2D eigenvalue weighted by molar-refractivity contribution is 0.102. The van der Waals surface area contributed by atoms with Crippen molar-refractivity contribution in [3.8, 4) is 39.9 Å². The molecule has 8 nitrogen and oxygen atoms in total. The van der Waals surface area contributed by atoms with Gasteiger partial charge in [-0.3, -0.25) is 9.78 Å². The molecule has 1 heterocycles. The number of carbonyl (C=O) groups is 1. The van der Waals surface area contributed by atoms with Crippen molar-refractivity contribution in [3.63, 3.8) is 0 Å². The van der Waals surface area contributed by atoms with E-state index in [2.05, 4.69) is 10.3 Å². The van der Waals surface area contributed by atoms with Gasteiger partial charge < -0.3 is 29.0 Å². The van der Waals surface area contributed by atoms with Gasteiger partial charge >= 0.3 is 0 Å². The van der Waals surface area contributed by atoms with E-state index in [0.29, 0.717) is 45.6 Å². The Morgan fingerprint density at radius 2 is 1.41 bits per heavy atom. The maximum Gasteiger partial charge on any atom is 0.257 e. The summed E-state index contributed by atoms with van der Waals surface area (Å²) in [5.41, 5.74) is 2.38. The Balaban J connectivity index is 0.00000363. The largest absolute Gasteiger partial charge is 0.497 e. The molecule has 0 aliphatic heterocycles. The van der Waals surface area contributed by atoms with E-state index >= 15 is 0 Å². The number of nitrogens with zero attached hydrogens (tertiary/aromatic N) is 1. The number of anilines is 1. The summed E-state index contributed by atoms with van der Waals surface area (Å²) in [5.74, 6) is 2.29. The summed E-state index contributed by atoms with van der Waals surface area (Å²) >= 11 is 0. The van der Waals surface area contributed by atoms with E-state index in [1.54, 1.807) is 71.0 Å². The summed E-state index contributed by atoms with van der Waals surface area (Å²) in [4.78, 5) is 17.1. The molecule has 0 saturated carbocycles. The van der Waals surface area contributed by atoms with Crippen molar-refractivity contribution in [3.05, 3.63) is 54.4 Å². The molecule has 1 amide bonds. The second-order valence-electron chi connectivity index (χ2n) is 6.40. The van der Waals surface area contributed by atoms with E-state index in [-0.39, 0.29) is 13.3 Å². The van der Waals surface area contributed by atoms with Crippen LogP contribution in [0, 0.1) is 0 Å². The van der Waals surface area contributed by atoms with Gasteiger partial charge in [0.1, 0.15) is 11.5 Å². The Kier molecular flexibility index (Phi) is 8.29. The van der Waals surface area contributed by atoms with Gasteiger partial charge in [-0.05, 0) is 35.9 Å². The fourth-order valence-electron chi connectivity index (χ4n) is 3.07. The zero-order chi connectivity index (χ0) is 22.4. The van der Waals surface area contributed by atoms with Crippen molar-refractivity contribution in [2.24, 2.45) is 0 Å². The monoisotopic (exact) mass is 440 g/mol. The van der Waals surface area contributed by atoms with Gasteiger partial charge in [-0.25, -0.2) is 0 Å². The summed E-state index contributed by atoms with van der Waals surface area (Å²) in [6, 6.07) is 10.5. The molecule has 0 bridgehead atoms. The maximum absolute atomic E-state index is 12.9. The third-order valence-electron chi connectivity index (χ3n) is 4.66. The third kappa shape index (κ3) is 5.03. The van der Waals surface area contributed by atoms with E-state index in [1.165, 1.54) is 13.3 Å². The van der Waals surface area contributed by atoms with Crippen LogP contribution in [0.25, 0.3) is 11.1 Å². The van der Waals surface area contributed by atoms with Crippen LogP contribution in [0.4, 0.5) is 5.69 Å². The normalized spacial score (nSPS) is 9.91. The number of methoxy groups -OCH3 is 5. The van der Waals surface area contributed by atoms with Gasteiger partial charge in [0.05, 0.1) is 46.8 Å². The van der Waals surface area contributed by atoms with Crippen molar-refractivity contribution < 1.29 is 28.5 Å². The number of hydrogen-bond acceptors (Lipinski definition) is 7. The standard InChI is InChI=1S/C23H24N2O6.CH4/c1-27-17-6-7-18(19(11-17)28-2)25-23(26)16-8-15(12-24-13-16)14-9-20(29-3)22(31-5)21(10-14)30-4;/h6-13H,1-5H3,(H,25,26);1H4. The number of hydrogen-bond donors (Lipinski definition) is 1. The van der Waals surface area contributed by atoms with Crippen LogP contribution in [-0.2, 0) is 0 Å². The molecular weight excluding hydrogens is 412 g/mol. The van der Waals surface area contributed by atoms with Crippen molar-refractivity contribution in [1.29, 1.82) is 0 Å². The molecule has 8 heteroatoms. The minimum absolute atomic E-state index is 0. The van der Waals surface area contributed by atoms with E-state index in [9.17, 15) is 4.79 Å².